The molecule has 30 heavy (non-hydrogen) atoms. The second-order valence-corrected chi connectivity index (χ2v) is 7.41. The average molecular weight is 444 g/mol. The molecule has 1 aliphatic rings. The van der Waals surface area contributed by atoms with Crippen LogP contribution in [-0.2, 0) is 11.3 Å². The van der Waals surface area contributed by atoms with Crippen molar-refractivity contribution in [3.63, 3.8) is 0 Å². The number of esters is 1. The zero-order chi connectivity index (χ0) is 21.4. The second-order valence-electron chi connectivity index (χ2n) is 6.65. The summed E-state index contributed by atoms with van der Waals surface area (Å²) in [5, 5.41) is 4.92. The highest BCUT2D eigenvalue weighted by molar-refractivity contribution is 6.33. The number of ether oxygens (including phenoxy) is 1. The lowest BCUT2D eigenvalue weighted by Gasteiger charge is -2.13. The lowest BCUT2D eigenvalue weighted by molar-refractivity contribution is 0.0228. The molecule has 3 aromatic rings. The van der Waals surface area contributed by atoms with Gasteiger partial charge in [0.15, 0.2) is 6.73 Å². The molecular formula is C21H15Cl2N3O4. The van der Waals surface area contributed by atoms with Gasteiger partial charge in [-0.3, -0.25) is 9.59 Å². The minimum atomic E-state index is -0.778. The zero-order valence-electron chi connectivity index (χ0n) is 15.8. The molecule has 0 N–H and O–H groups in total. The number of amides is 2. The number of hydrogen-bond acceptors (Lipinski definition) is 5. The molecule has 0 radical (unpaired) electrons. The number of hydrogen-bond donors (Lipinski definition) is 0. The van der Waals surface area contributed by atoms with Gasteiger partial charge in [-0.25, -0.2) is 14.4 Å². The third kappa shape index (κ3) is 3.46. The largest absolute Gasteiger partial charge is 0.440 e. The molecule has 0 aliphatic carbocycles. The van der Waals surface area contributed by atoms with Crippen LogP contribution in [0.2, 0.25) is 10.2 Å². The molecule has 2 amide bonds. The molecule has 0 saturated heterocycles. The average Bonchev–Trinajstić information content (AvgIpc) is 3.15. The van der Waals surface area contributed by atoms with Gasteiger partial charge in [0.2, 0.25) is 0 Å². The lowest BCUT2D eigenvalue weighted by Crippen LogP contribution is -2.33. The van der Waals surface area contributed by atoms with Crippen LogP contribution in [0, 0.1) is 6.92 Å². The van der Waals surface area contributed by atoms with Crippen molar-refractivity contribution in [2.45, 2.75) is 13.5 Å². The molecular weight excluding hydrogens is 429 g/mol. The molecule has 2 aromatic carbocycles. The predicted molar refractivity (Wildman–Crippen MR) is 110 cm³/mol. The standard InChI is InChI=1S/C21H15Cl2N3O4/c1-12-17(18(23)26(24-12)10-13-6-2-5-9-16(13)22)21(29)30-11-25-19(27)14-7-3-4-8-15(14)20(25)28/h2-9H,10-11H2,1H3. The lowest BCUT2D eigenvalue weighted by atomic mass is 10.1. The number of carbonyl (C=O) groups is 3. The van der Waals surface area contributed by atoms with Gasteiger partial charge in [0.25, 0.3) is 11.8 Å². The first-order valence-electron chi connectivity index (χ1n) is 8.97. The maximum Gasteiger partial charge on any atom is 0.344 e. The summed E-state index contributed by atoms with van der Waals surface area (Å²) in [5.74, 6) is -1.80. The van der Waals surface area contributed by atoms with Crippen molar-refractivity contribution < 1.29 is 19.1 Å². The predicted octanol–water partition coefficient (Wildman–Crippen LogP) is 3.96. The van der Waals surface area contributed by atoms with E-state index in [0.29, 0.717) is 10.7 Å². The highest BCUT2D eigenvalue weighted by atomic mass is 35.5. The molecule has 9 heteroatoms. The third-order valence-corrected chi connectivity index (χ3v) is 5.50. The van der Waals surface area contributed by atoms with Gasteiger partial charge in [-0.15, -0.1) is 0 Å². The summed E-state index contributed by atoms with van der Waals surface area (Å²) in [6, 6.07) is 13.7. The quantitative estimate of drug-likeness (QED) is 0.440. The van der Waals surface area contributed by atoms with Gasteiger partial charge in [0.05, 0.1) is 23.4 Å². The molecule has 1 aliphatic heterocycles. The summed E-state index contributed by atoms with van der Waals surface area (Å²) < 4.78 is 6.66. The second kappa shape index (κ2) is 7.93. The molecule has 0 fully saturated rings. The van der Waals surface area contributed by atoms with E-state index in [0.717, 1.165) is 10.5 Å². The normalized spacial score (nSPS) is 13.0. The van der Waals surface area contributed by atoms with Crippen LogP contribution in [0.25, 0.3) is 0 Å². The number of carbonyl (C=O) groups excluding carboxylic acids is 3. The number of imide groups is 1. The first-order valence-corrected chi connectivity index (χ1v) is 9.72. The van der Waals surface area contributed by atoms with Crippen molar-refractivity contribution in [1.82, 2.24) is 14.7 Å². The molecule has 0 bridgehead atoms. The van der Waals surface area contributed by atoms with E-state index in [-0.39, 0.29) is 28.4 Å². The maximum atomic E-state index is 12.6. The number of nitrogens with zero attached hydrogens (tertiary/aromatic N) is 3. The Balaban J connectivity index is 1.50. The SMILES string of the molecule is Cc1nn(Cc2ccccc2Cl)c(Cl)c1C(=O)OCN1C(=O)c2ccccc2C1=O. The van der Waals surface area contributed by atoms with Gasteiger partial charge in [0.1, 0.15) is 10.7 Å². The molecule has 0 spiro atoms. The Bertz CT molecular complexity index is 1150. The highest BCUT2D eigenvalue weighted by Crippen LogP contribution is 2.25. The number of rotatable bonds is 5. The summed E-state index contributed by atoms with van der Waals surface area (Å²) in [6.07, 6.45) is 0. The Kier molecular flexibility index (Phi) is 5.32. The molecule has 1 aromatic heterocycles. The summed E-state index contributed by atoms with van der Waals surface area (Å²) in [6.45, 7) is 1.37. The fourth-order valence-electron chi connectivity index (χ4n) is 3.23. The van der Waals surface area contributed by atoms with Crippen LogP contribution in [-0.4, -0.2) is 39.2 Å². The molecule has 0 atom stereocenters. The van der Waals surface area contributed by atoms with Crippen molar-refractivity contribution in [2.24, 2.45) is 0 Å². The Morgan fingerprint density at radius 1 is 1.00 bits per heavy atom. The number of benzene rings is 2. The Hall–Kier alpha value is -3.16. The van der Waals surface area contributed by atoms with Crippen molar-refractivity contribution in [1.29, 1.82) is 0 Å². The summed E-state index contributed by atoms with van der Waals surface area (Å²) in [5.41, 5.74) is 1.77. The van der Waals surface area contributed by atoms with E-state index in [1.807, 2.05) is 18.2 Å². The van der Waals surface area contributed by atoms with E-state index in [1.165, 1.54) is 4.68 Å². The van der Waals surface area contributed by atoms with Crippen molar-refractivity contribution in [2.75, 3.05) is 6.73 Å². The molecule has 152 valence electrons. The molecule has 0 saturated carbocycles. The summed E-state index contributed by atoms with van der Waals surface area (Å²) in [4.78, 5) is 38.3. The van der Waals surface area contributed by atoms with Gasteiger partial charge in [-0.05, 0) is 30.7 Å². The Morgan fingerprint density at radius 2 is 1.60 bits per heavy atom. The van der Waals surface area contributed by atoms with E-state index in [4.69, 9.17) is 27.9 Å². The Labute approximate surface area is 181 Å². The van der Waals surface area contributed by atoms with E-state index in [1.54, 1.807) is 37.3 Å². The van der Waals surface area contributed by atoms with Crippen LogP contribution in [0.5, 0.6) is 0 Å². The van der Waals surface area contributed by atoms with Gasteiger partial charge in [0, 0.05) is 5.02 Å². The first-order chi connectivity index (χ1) is 14.4. The van der Waals surface area contributed by atoms with E-state index >= 15 is 0 Å². The highest BCUT2D eigenvalue weighted by Gasteiger charge is 2.36. The third-order valence-electron chi connectivity index (χ3n) is 4.75. The van der Waals surface area contributed by atoms with Crippen molar-refractivity contribution >= 4 is 41.0 Å². The minimum Gasteiger partial charge on any atom is -0.440 e. The van der Waals surface area contributed by atoms with Crippen LogP contribution < -0.4 is 0 Å². The molecule has 0 unspecified atom stereocenters. The molecule has 2 heterocycles. The van der Waals surface area contributed by atoms with Gasteiger partial charge >= 0.3 is 5.97 Å². The summed E-state index contributed by atoms with van der Waals surface area (Å²) in [7, 11) is 0. The molecule has 4 rings (SSSR count). The van der Waals surface area contributed by atoms with Crippen LogP contribution in [0.4, 0.5) is 0 Å². The number of halogens is 2. The van der Waals surface area contributed by atoms with E-state index in [9.17, 15) is 14.4 Å². The topological polar surface area (TPSA) is 81.5 Å². The van der Waals surface area contributed by atoms with Gasteiger partial charge in [-0.2, -0.15) is 5.10 Å². The van der Waals surface area contributed by atoms with Crippen LogP contribution in [0.3, 0.4) is 0 Å². The maximum absolute atomic E-state index is 12.6. The van der Waals surface area contributed by atoms with Crippen molar-refractivity contribution in [3.05, 3.63) is 86.7 Å². The first kappa shape index (κ1) is 20.1. The van der Waals surface area contributed by atoms with Gasteiger partial charge in [-0.1, -0.05) is 53.5 Å². The smallest absolute Gasteiger partial charge is 0.344 e. The van der Waals surface area contributed by atoms with E-state index in [2.05, 4.69) is 5.10 Å². The van der Waals surface area contributed by atoms with Crippen molar-refractivity contribution in [3.8, 4) is 0 Å². The number of aryl methyl sites for hydroxylation is 1. The van der Waals surface area contributed by atoms with Crippen LogP contribution >= 0.6 is 23.2 Å². The van der Waals surface area contributed by atoms with E-state index < -0.39 is 24.5 Å². The monoisotopic (exact) mass is 443 g/mol. The fourth-order valence-corrected chi connectivity index (χ4v) is 3.74. The Morgan fingerprint density at radius 3 is 2.23 bits per heavy atom. The number of aromatic nitrogens is 2. The minimum absolute atomic E-state index is 0.0697. The molecule has 7 nitrogen and oxygen atoms in total. The zero-order valence-corrected chi connectivity index (χ0v) is 17.3. The fraction of sp³-hybridized carbons (Fsp3) is 0.143. The number of fused-ring (bicyclic) bond motifs is 1. The van der Waals surface area contributed by atoms with Gasteiger partial charge < -0.3 is 4.74 Å². The van der Waals surface area contributed by atoms with Crippen LogP contribution in [0.1, 0.15) is 42.3 Å². The van der Waals surface area contributed by atoms with Crippen LogP contribution in [0.15, 0.2) is 48.5 Å². The summed E-state index contributed by atoms with van der Waals surface area (Å²) >= 11 is 12.5.